The number of ether oxygens (including phenoxy) is 1. The number of hydrogen-bond donors (Lipinski definition) is 2. The fraction of sp³-hybridized carbons (Fsp3) is 0.552. The number of fused-ring (bicyclic) bond motifs is 5. The number of rotatable bonds is 7. The van der Waals surface area contributed by atoms with E-state index in [0.29, 0.717) is 24.8 Å². The highest BCUT2D eigenvalue weighted by molar-refractivity contribution is 5.95. The molecule has 7 atom stereocenters. The molecule has 208 valence electrons. The Labute approximate surface area is 225 Å². The zero-order valence-corrected chi connectivity index (χ0v) is 22.0. The molecule has 5 rings (SSSR count). The molecule has 4 aliphatic rings. The Bertz CT molecular complexity index is 1270. The van der Waals surface area contributed by atoms with Crippen LogP contribution in [0.2, 0.25) is 0 Å². The van der Waals surface area contributed by atoms with Crippen LogP contribution in [-0.2, 0) is 25.8 Å². The Morgan fingerprint density at radius 2 is 1.92 bits per heavy atom. The summed E-state index contributed by atoms with van der Waals surface area (Å²) in [5, 5.41) is 32.7. The predicted molar refractivity (Wildman–Crippen MR) is 136 cm³/mol. The second-order valence-corrected chi connectivity index (χ2v) is 11.8. The molecule has 0 saturated heterocycles. The van der Waals surface area contributed by atoms with Crippen molar-refractivity contribution in [1.29, 1.82) is 0 Å². The lowest BCUT2D eigenvalue weighted by Crippen LogP contribution is -2.61. The summed E-state index contributed by atoms with van der Waals surface area (Å²) in [4.78, 5) is 52.7. The number of hydrogen-bond acceptors (Lipinski definition) is 9. The quantitative estimate of drug-likeness (QED) is 0.230. The number of aliphatic hydroxyl groups is 2. The molecule has 2 saturated carbocycles. The lowest BCUT2D eigenvalue weighted by Gasteiger charge is -2.58. The van der Waals surface area contributed by atoms with Gasteiger partial charge in [-0.2, -0.15) is 0 Å². The first kappa shape index (κ1) is 27.2. The standard InChI is InChI=1S/C29H33NO9/c1-27-11-9-20(31)13-19(27)7-8-21-22-10-12-29(35,28(22,2)14-23(32)25(21)27)24(33)16-38-26(34)18-5-3-17(4-6-18)15-39-30(36)37/h3-7,9,11,21-23,25,32,35H,8,10,12-16H2,1-2H3/t21-,22-,23-,25+,27-,28-,29-/m0/s1. The maximum Gasteiger partial charge on any atom is 0.338 e. The van der Waals surface area contributed by atoms with Crippen molar-refractivity contribution in [2.45, 2.75) is 64.3 Å². The number of aliphatic hydroxyl groups excluding tert-OH is 1. The summed E-state index contributed by atoms with van der Waals surface area (Å²) in [6.07, 6.45) is 6.94. The zero-order chi connectivity index (χ0) is 28.2. The van der Waals surface area contributed by atoms with Crippen molar-refractivity contribution in [2.24, 2.45) is 28.6 Å². The van der Waals surface area contributed by atoms with Crippen LogP contribution in [0, 0.1) is 38.7 Å². The second kappa shape index (κ2) is 9.67. The maximum absolute atomic E-state index is 13.4. The van der Waals surface area contributed by atoms with E-state index >= 15 is 0 Å². The molecule has 10 nitrogen and oxygen atoms in total. The molecule has 0 aliphatic heterocycles. The van der Waals surface area contributed by atoms with Gasteiger partial charge in [0, 0.05) is 23.2 Å². The topological polar surface area (TPSA) is 153 Å². The number of allylic oxidation sites excluding steroid dienone is 4. The van der Waals surface area contributed by atoms with Crippen LogP contribution in [0.3, 0.4) is 0 Å². The highest BCUT2D eigenvalue weighted by atomic mass is 16.9. The van der Waals surface area contributed by atoms with Crippen LogP contribution in [0.25, 0.3) is 0 Å². The van der Waals surface area contributed by atoms with Crippen LogP contribution >= 0.6 is 0 Å². The van der Waals surface area contributed by atoms with Gasteiger partial charge < -0.3 is 19.8 Å². The van der Waals surface area contributed by atoms with Crippen molar-refractivity contribution in [2.75, 3.05) is 6.61 Å². The molecule has 10 heteroatoms. The lowest BCUT2D eigenvalue weighted by molar-refractivity contribution is -0.763. The van der Waals surface area contributed by atoms with Crippen molar-refractivity contribution in [3.05, 3.63) is 69.3 Å². The smallest absolute Gasteiger partial charge is 0.338 e. The van der Waals surface area contributed by atoms with E-state index in [0.717, 1.165) is 5.57 Å². The van der Waals surface area contributed by atoms with Gasteiger partial charge in [0.1, 0.15) is 12.2 Å². The largest absolute Gasteiger partial charge is 0.454 e. The van der Waals surface area contributed by atoms with Gasteiger partial charge in [0.15, 0.2) is 12.4 Å². The monoisotopic (exact) mass is 539 g/mol. The Morgan fingerprint density at radius 1 is 1.21 bits per heavy atom. The third-order valence-corrected chi connectivity index (χ3v) is 9.93. The SMILES string of the molecule is C[C@]12C=CC(=O)CC1=CC[C@@H]1[C@@H]2[C@@H](O)C[C@@]2(C)[C@H]1CC[C@]2(O)C(=O)COC(=O)c1ccc(CO[N+](=O)[O-])cc1. The number of carbonyl (C=O) groups excluding carboxylic acids is 3. The first-order chi connectivity index (χ1) is 18.4. The van der Waals surface area contributed by atoms with Crippen molar-refractivity contribution in [1.82, 2.24) is 0 Å². The molecule has 0 unspecified atom stereocenters. The molecule has 2 fully saturated rings. The van der Waals surface area contributed by atoms with Crippen molar-refractivity contribution >= 4 is 17.5 Å². The van der Waals surface area contributed by atoms with E-state index in [2.05, 4.69) is 17.8 Å². The fourth-order valence-corrected chi connectivity index (χ4v) is 7.90. The summed E-state index contributed by atoms with van der Waals surface area (Å²) in [6.45, 7) is 3.06. The number of benzene rings is 1. The zero-order valence-electron chi connectivity index (χ0n) is 22.0. The van der Waals surface area contributed by atoms with Gasteiger partial charge in [-0.05, 0) is 61.3 Å². The molecule has 2 N–H and O–H groups in total. The Morgan fingerprint density at radius 3 is 2.62 bits per heavy atom. The van der Waals surface area contributed by atoms with Gasteiger partial charge in [0.2, 0.25) is 5.78 Å². The Balaban J connectivity index is 1.28. The molecule has 1 aromatic carbocycles. The summed E-state index contributed by atoms with van der Waals surface area (Å²) in [5.74, 6) is -1.40. The van der Waals surface area contributed by atoms with Crippen LogP contribution in [0.5, 0.6) is 0 Å². The highest BCUT2D eigenvalue weighted by Gasteiger charge is 2.68. The second-order valence-electron chi connectivity index (χ2n) is 11.8. The molecule has 0 amide bonds. The minimum atomic E-state index is -1.75. The molecular weight excluding hydrogens is 506 g/mol. The van der Waals surface area contributed by atoms with Crippen LogP contribution in [0.4, 0.5) is 0 Å². The van der Waals surface area contributed by atoms with E-state index in [-0.39, 0.29) is 48.5 Å². The summed E-state index contributed by atoms with van der Waals surface area (Å²) >= 11 is 0. The minimum Gasteiger partial charge on any atom is -0.454 e. The lowest BCUT2D eigenvalue weighted by atomic mass is 9.47. The maximum atomic E-state index is 13.4. The molecular formula is C29H33NO9. The van der Waals surface area contributed by atoms with Crippen LogP contribution in [0.1, 0.15) is 61.9 Å². The van der Waals surface area contributed by atoms with Gasteiger partial charge in [-0.25, -0.2) is 4.79 Å². The summed E-state index contributed by atoms with van der Waals surface area (Å²) in [5.41, 5.74) is -1.41. The molecule has 39 heavy (non-hydrogen) atoms. The highest BCUT2D eigenvalue weighted by Crippen LogP contribution is 2.66. The van der Waals surface area contributed by atoms with Crippen LogP contribution in [0.15, 0.2) is 48.1 Å². The molecule has 1 aromatic rings. The van der Waals surface area contributed by atoms with Gasteiger partial charge in [-0.15, -0.1) is 10.1 Å². The normalized spacial score (nSPS) is 36.7. The Hall–Kier alpha value is -3.37. The number of ketones is 2. The van der Waals surface area contributed by atoms with Crippen molar-refractivity contribution < 1.29 is 39.3 Å². The molecule has 0 bridgehead atoms. The third kappa shape index (κ3) is 4.39. The minimum absolute atomic E-state index is 0.0230. The van der Waals surface area contributed by atoms with Crippen LogP contribution in [-0.4, -0.2) is 51.1 Å². The van der Waals surface area contributed by atoms with E-state index in [1.807, 2.05) is 13.0 Å². The number of carbonyl (C=O) groups is 3. The Kier molecular flexibility index (Phi) is 6.75. The van der Waals surface area contributed by atoms with E-state index in [9.17, 15) is 34.7 Å². The summed E-state index contributed by atoms with van der Waals surface area (Å²) < 4.78 is 5.26. The summed E-state index contributed by atoms with van der Waals surface area (Å²) in [6, 6.07) is 5.81. The van der Waals surface area contributed by atoms with Crippen molar-refractivity contribution in [3.63, 3.8) is 0 Å². The summed E-state index contributed by atoms with van der Waals surface area (Å²) in [7, 11) is 0. The van der Waals surface area contributed by atoms with E-state index in [4.69, 9.17) is 4.74 Å². The van der Waals surface area contributed by atoms with E-state index in [1.54, 1.807) is 6.08 Å². The van der Waals surface area contributed by atoms with Gasteiger partial charge in [-0.1, -0.05) is 43.7 Å². The predicted octanol–water partition coefficient (Wildman–Crippen LogP) is 3.13. The average Bonchev–Trinajstić information content (AvgIpc) is 3.17. The number of esters is 1. The van der Waals surface area contributed by atoms with E-state index in [1.165, 1.54) is 24.3 Å². The van der Waals surface area contributed by atoms with Gasteiger partial charge in [0.25, 0.3) is 5.09 Å². The van der Waals surface area contributed by atoms with E-state index < -0.39 is 46.0 Å². The first-order valence-corrected chi connectivity index (χ1v) is 13.3. The van der Waals surface area contributed by atoms with Gasteiger partial charge in [-0.3, -0.25) is 9.59 Å². The molecule has 0 aromatic heterocycles. The van der Waals surface area contributed by atoms with Crippen LogP contribution < -0.4 is 0 Å². The third-order valence-electron chi connectivity index (χ3n) is 9.93. The van der Waals surface area contributed by atoms with Gasteiger partial charge in [0.05, 0.1) is 11.7 Å². The average molecular weight is 540 g/mol. The van der Waals surface area contributed by atoms with Gasteiger partial charge >= 0.3 is 5.97 Å². The molecule has 0 spiro atoms. The fourth-order valence-electron chi connectivity index (χ4n) is 7.90. The van der Waals surface area contributed by atoms with Crippen molar-refractivity contribution in [3.8, 4) is 0 Å². The molecule has 0 heterocycles. The number of Topliss-reactive ketones (excluding diaryl/α,β-unsaturated/α-hetero) is 1. The first-order valence-electron chi connectivity index (χ1n) is 13.3. The molecule has 4 aliphatic carbocycles. The number of nitrogens with zero attached hydrogens (tertiary/aromatic N) is 1. The molecule has 0 radical (unpaired) electrons.